The molecule has 0 bridgehead atoms. The van der Waals surface area contributed by atoms with Gasteiger partial charge in [-0.3, -0.25) is 9.78 Å². The molecule has 2 aromatic heterocycles. The molecule has 0 aliphatic carbocycles. The van der Waals surface area contributed by atoms with E-state index >= 15 is 0 Å². The van der Waals surface area contributed by atoms with Gasteiger partial charge in [0.25, 0.3) is 0 Å². The molecule has 162 valence electrons. The molecule has 1 aromatic carbocycles. The van der Waals surface area contributed by atoms with Crippen LogP contribution >= 0.6 is 0 Å². The van der Waals surface area contributed by atoms with Crippen molar-refractivity contribution in [2.45, 2.75) is 44.8 Å². The van der Waals surface area contributed by atoms with Gasteiger partial charge in [-0.15, -0.1) is 0 Å². The number of nitrogens with zero attached hydrogens (tertiary/aromatic N) is 4. The van der Waals surface area contributed by atoms with Gasteiger partial charge in [0.05, 0.1) is 41.4 Å². The Kier molecular flexibility index (Phi) is 6.44. The molecule has 1 N–H and O–H groups in total. The molecule has 1 amide bonds. The third-order valence-corrected chi connectivity index (χ3v) is 5.71. The van der Waals surface area contributed by atoms with Gasteiger partial charge >= 0.3 is 0 Å². The van der Waals surface area contributed by atoms with Gasteiger partial charge in [-0.05, 0) is 44.4 Å². The van der Waals surface area contributed by atoms with Gasteiger partial charge in [-0.1, -0.05) is 0 Å². The van der Waals surface area contributed by atoms with E-state index in [1.807, 2.05) is 12.1 Å². The molecule has 1 aliphatic heterocycles. The van der Waals surface area contributed by atoms with Gasteiger partial charge in [0.1, 0.15) is 11.3 Å². The van der Waals surface area contributed by atoms with E-state index in [2.05, 4.69) is 27.9 Å². The Morgan fingerprint density at radius 1 is 1.42 bits per heavy atom. The number of rotatable bonds is 7. The molecule has 1 saturated heterocycles. The van der Waals surface area contributed by atoms with E-state index in [9.17, 15) is 10.1 Å². The smallest absolute Gasteiger partial charge is 0.227 e. The number of amides is 1. The lowest BCUT2D eigenvalue weighted by Gasteiger charge is -2.30. The van der Waals surface area contributed by atoms with E-state index in [1.54, 1.807) is 19.4 Å². The first-order chi connectivity index (χ1) is 15.1. The van der Waals surface area contributed by atoms with E-state index in [0.717, 1.165) is 47.0 Å². The Balaban J connectivity index is 1.77. The van der Waals surface area contributed by atoms with Crippen LogP contribution in [-0.4, -0.2) is 53.4 Å². The highest BCUT2D eigenvalue weighted by molar-refractivity contribution is 6.03. The van der Waals surface area contributed by atoms with Crippen molar-refractivity contribution in [1.29, 1.82) is 5.26 Å². The van der Waals surface area contributed by atoms with Crippen LogP contribution in [0.25, 0.3) is 21.9 Å². The van der Waals surface area contributed by atoms with Gasteiger partial charge in [-0.2, -0.15) is 5.26 Å². The number of hydrogen-bond donors (Lipinski definition) is 1. The third kappa shape index (κ3) is 4.53. The minimum atomic E-state index is -0.0669. The minimum Gasteiger partial charge on any atom is -0.385 e. The van der Waals surface area contributed by atoms with E-state index < -0.39 is 0 Å². The van der Waals surface area contributed by atoms with Crippen LogP contribution in [0.15, 0.2) is 24.4 Å². The lowest BCUT2D eigenvalue weighted by atomic mass is 10.0. The molecule has 3 aromatic rings. The van der Waals surface area contributed by atoms with Crippen molar-refractivity contribution in [1.82, 2.24) is 19.9 Å². The second kappa shape index (κ2) is 9.41. The van der Waals surface area contributed by atoms with E-state index in [0.29, 0.717) is 25.3 Å². The number of benzene rings is 1. The average molecular weight is 422 g/mol. The number of carbonyl (C=O) groups is 1. The molecule has 0 unspecified atom stereocenters. The number of aromatic nitrogens is 3. The number of nitrogens with one attached hydrogen (secondary N) is 1. The summed E-state index contributed by atoms with van der Waals surface area (Å²) in [6.45, 7) is 3.91. The van der Waals surface area contributed by atoms with Crippen LogP contribution in [0.3, 0.4) is 0 Å². The summed E-state index contributed by atoms with van der Waals surface area (Å²) in [5.41, 5.74) is 3.06. The molecule has 0 spiro atoms. The molecule has 2 atom stereocenters. The highest BCUT2D eigenvalue weighted by atomic mass is 16.5. The lowest BCUT2D eigenvalue weighted by Crippen LogP contribution is -2.30. The van der Waals surface area contributed by atoms with E-state index in [-0.39, 0.29) is 24.5 Å². The van der Waals surface area contributed by atoms with Crippen LogP contribution in [-0.2, 0) is 20.7 Å². The van der Waals surface area contributed by atoms with Crippen LogP contribution in [0.4, 0.5) is 0 Å². The maximum Gasteiger partial charge on any atom is 0.227 e. The van der Waals surface area contributed by atoms with Crippen molar-refractivity contribution >= 4 is 27.8 Å². The highest BCUT2D eigenvalue weighted by Crippen LogP contribution is 2.34. The molecule has 1 aliphatic rings. The molecule has 0 radical (unpaired) electrons. The summed E-state index contributed by atoms with van der Waals surface area (Å²) in [4.78, 5) is 21.9. The number of carbonyl (C=O) groups excluding carboxylic acids is 1. The monoisotopic (exact) mass is 421 g/mol. The summed E-state index contributed by atoms with van der Waals surface area (Å²) in [5, 5.41) is 13.2. The van der Waals surface area contributed by atoms with Gasteiger partial charge in [-0.25, -0.2) is 4.98 Å². The van der Waals surface area contributed by atoms with Crippen LogP contribution in [0, 0.1) is 11.3 Å². The normalized spacial score (nSPS) is 18.9. The Labute approximate surface area is 181 Å². The topological polar surface area (TPSA) is 102 Å². The number of ether oxygens (including phenoxy) is 2. The number of methoxy groups -OCH3 is 1. The van der Waals surface area contributed by atoms with Crippen molar-refractivity contribution < 1.29 is 14.3 Å². The summed E-state index contributed by atoms with van der Waals surface area (Å²) < 4.78 is 13.0. The molecule has 31 heavy (non-hydrogen) atoms. The number of nitriles is 1. The molecular formula is C23H27N5O3. The standard InChI is InChI=1S/C23H27N5O3/c1-15-10-17(6-9-31-15)28-21(12-22(29)25-7-3-8-30-2)27-20-14-26-19-5-4-16(13-24)11-18(19)23(20)28/h4-5,11,14-15,17H,3,6-10,12H2,1-2H3,(H,25,29)/t15-,17-/m1/s1. The Morgan fingerprint density at radius 3 is 3.06 bits per heavy atom. The van der Waals surface area contributed by atoms with Gasteiger partial charge in [0.15, 0.2) is 0 Å². The number of pyridine rings is 1. The average Bonchev–Trinajstić information content (AvgIpc) is 3.14. The SMILES string of the molecule is COCCCNC(=O)Cc1nc2cnc3ccc(C#N)cc3c2n1[C@@H]1CCO[C@H](C)C1. The fourth-order valence-electron chi connectivity index (χ4n) is 4.27. The van der Waals surface area contributed by atoms with Crippen molar-refractivity contribution in [3.63, 3.8) is 0 Å². The summed E-state index contributed by atoms with van der Waals surface area (Å²) in [6, 6.07) is 7.87. The summed E-state index contributed by atoms with van der Waals surface area (Å²) in [6.07, 6.45) is 4.53. The van der Waals surface area contributed by atoms with Gasteiger partial charge < -0.3 is 19.4 Å². The minimum absolute atomic E-state index is 0.0669. The summed E-state index contributed by atoms with van der Waals surface area (Å²) >= 11 is 0. The van der Waals surface area contributed by atoms with E-state index in [4.69, 9.17) is 14.5 Å². The van der Waals surface area contributed by atoms with Gasteiger partial charge in [0.2, 0.25) is 5.91 Å². The lowest BCUT2D eigenvalue weighted by molar-refractivity contribution is -0.120. The Bertz CT molecular complexity index is 1130. The Morgan fingerprint density at radius 2 is 2.29 bits per heavy atom. The number of hydrogen-bond acceptors (Lipinski definition) is 6. The van der Waals surface area contributed by atoms with Gasteiger partial charge in [0, 0.05) is 38.3 Å². The zero-order valence-electron chi connectivity index (χ0n) is 17.9. The first-order valence-corrected chi connectivity index (χ1v) is 10.7. The largest absolute Gasteiger partial charge is 0.385 e. The molecule has 8 heteroatoms. The fourth-order valence-corrected chi connectivity index (χ4v) is 4.27. The zero-order valence-corrected chi connectivity index (χ0v) is 17.9. The predicted molar refractivity (Wildman–Crippen MR) is 117 cm³/mol. The summed E-state index contributed by atoms with van der Waals surface area (Å²) in [5.74, 6) is 0.651. The maximum absolute atomic E-state index is 12.6. The van der Waals surface area contributed by atoms with E-state index in [1.165, 1.54) is 0 Å². The molecule has 8 nitrogen and oxygen atoms in total. The van der Waals surface area contributed by atoms with Crippen molar-refractivity contribution in [3.8, 4) is 6.07 Å². The predicted octanol–water partition coefficient (Wildman–Crippen LogP) is 2.89. The summed E-state index contributed by atoms with van der Waals surface area (Å²) in [7, 11) is 1.65. The van der Waals surface area contributed by atoms with Crippen molar-refractivity contribution in [3.05, 3.63) is 35.8 Å². The zero-order chi connectivity index (χ0) is 21.8. The molecule has 0 saturated carbocycles. The third-order valence-electron chi connectivity index (χ3n) is 5.71. The number of imidazole rings is 1. The first kappa shape index (κ1) is 21.2. The van der Waals surface area contributed by atoms with Crippen molar-refractivity contribution in [2.75, 3.05) is 26.9 Å². The number of fused-ring (bicyclic) bond motifs is 3. The molecule has 4 rings (SSSR count). The second-order valence-corrected chi connectivity index (χ2v) is 7.97. The molecule has 1 fully saturated rings. The quantitative estimate of drug-likeness (QED) is 0.589. The van der Waals surface area contributed by atoms with Crippen LogP contribution in [0.2, 0.25) is 0 Å². The molecule has 3 heterocycles. The van der Waals surface area contributed by atoms with Crippen LogP contribution in [0.1, 0.15) is 43.6 Å². The highest BCUT2D eigenvalue weighted by Gasteiger charge is 2.27. The first-order valence-electron chi connectivity index (χ1n) is 10.7. The Hall–Kier alpha value is -3.02. The van der Waals surface area contributed by atoms with Crippen LogP contribution < -0.4 is 5.32 Å². The van der Waals surface area contributed by atoms with Crippen molar-refractivity contribution in [2.24, 2.45) is 0 Å². The fraction of sp³-hybridized carbons (Fsp3) is 0.478. The van der Waals surface area contributed by atoms with Crippen LogP contribution in [0.5, 0.6) is 0 Å². The maximum atomic E-state index is 12.6. The molecular weight excluding hydrogens is 394 g/mol. The second-order valence-electron chi connectivity index (χ2n) is 7.97.